The van der Waals surface area contributed by atoms with E-state index in [1.165, 1.54) is 0 Å². The number of carbonyl (C=O) groups excluding carboxylic acids is 1. The first kappa shape index (κ1) is 13.9. The van der Waals surface area contributed by atoms with Gasteiger partial charge in [0.1, 0.15) is 5.75 Å². The molecule has 0 heterocycles. The van der Waals surface area contributed by atoms with Gasteiger partial charge in [0, 0.05) is 19.1 Å². The van der Waals surface area contributed by atoms with Gasteiger partial charge in [-0.1, -0.05) is 18.2 Å². The van der Waals surface area contributed by atoms with E-state index in [9.17, 15) is 4.79 Å². The average Bonchev–Trinajstić information content (AvgIpc) is 2.47. The summed E-state index contributed by atoms with van der Waals surface area (Å²) >= 11 is 0. The molecule has 0 unspecified atom stereocenters. The number of amides is 1. The van der Waals surface area contributed by atoms with Crippen LogP contribution in [-0.2, 0) is 0 Å². The van der Waals surface area contributed by atoms with Crippen molar-refractivity contribution in [1.29, 1.82) is 0 Å². The summed E-state index contributed by atoms with van der Waals surface area (Å²) in [4.78, 5) is 13.8. The minimum absolute atomic E-state index is 0.265. The molecule has 1 aliphatic carbocycles. The van der Waals surface area contributed by atoms with Crippen LogP contribution in [0, 0.1) is 0 Å². The van der Waals surface area contributed by atoms with Gasteiger partial charge >= 0.3 is 6.09 Å². The minimum atomic E-state index is -0.265. The molecule has 1 amide bonds. The Bertz CT molecular complexity index is 400. The molecule has 1 aliphatic rings. The molecular formula is C15H22N2O2. The number of para-hydroxylation sites is 1. The number of ether oxygens (including phenoxy) is 1. The maximum Gasteiger partial charge on any atom is 0.415 e. The third-order valence-electron chi connectivity index (χ3n) is 3.89. The first-order valence-corrected chi connectivity index (χ1v) is 6.87. The van der Waals surface area contributed by atoms with E-state index in [4.69, 9.17) is 4.74 Å². The molecule has 0 radical (unpaired) electrons. The summed E-state index contributed by atoms with van der Waals surface area (Å²) in [5, 5.41) is 3.30. The van der Waals surface area contributed by atoms with Crippen molar-refractivity contribution < 1.29 is 9.53 Å². The zero-order valence-electron chi connectivity index (χ0n) is 11.6. The average molecular weight is 262 g/mol. The van der Waals surface area contributed by atoms with Crippen molar-refractivity contribution in [2.75, 3.05) is 14.1 Å². The van der Waals surface area contributed by atoms with Crippen molar-refractivity contribution >= 4 is 6.09 Å². The molecule has 0 aromatic heterocycles. The van der Waals surface area contributed by atoms with E-state index in [0.717, 1.165) is 25.7 Å². The predicted octanol–water partition coefficient (Wildman–Crippen LogP) is 2.65. The van der Waals surface area contributed by atoms with Crippen LogP contribution in [0.4, 0.5) is 4.79 Å². The summed E-state index contributed by atoms with van der Waals surface area (Å²) in [6, 6.07) is 10.1. The van der Waals surface area contributed by atoms with E-state index in [0.29, 0.717) is 17.8 Å². The molecule has 2 rings (SSSR count). The van der Waals surface area contributed by atoms with Crippen LogP contribution >= 0.6 is 0 Å². The monoisotopic (exact) mass is 262 g/mol. The molecule has 1 saturated carbocycles. The Morgan fingerprint density at radius 1 is 1.21 bits per heavy atom. The summed E-state index contributed by atoms with van der Waals surface area (Å²) in [5.74, 6) is 0.600. The second-order valence-electron chi connectivity index (χ2n) is 5.09. The SMILES string of the molecule is CNC1CCC(N(C)C(=O)Oc2ccccc2)CC1. The van der Waals surface area contributed by atoms with Gasteiger partial charge in [0.25, 0.3) is 0 Å². The van der Waals surface area contributed by atoms with Gasteiger partial charge < -0.3 is 15.0 Å². The van der Waals surface area contributed by atoms with Crippen molar-refractivity contribution in [3.8, 4) is 5.75 Å². The van der Waals surface area contributed by atoms with Crippen LogP contribution in [0.3, 0.4) is 0 Å². The van der Waals surface area contributed by atoms with Gasteiger partial charge in [0.05, 0.1) is 0 Å². The van der Waals surface area contributed by atoms with E-state index < -0.39 is 0 Å². The highest BCUT2D eigenvalue weighted by Gasteiger charge is 2.26. The van der Waals surface area contributed by atoms with Crippen LogP contribution in [0.2, 0.25) is 0 Å². The van der Waals surface area contributed by atoms with Crippen LogP contribution < -0.4 is 10.1 Å². The van der Waals surface area contributed by atoms with E-state index >= 15 is 0 Å². The Kier molecular flexibility index (Phi) is 4.80. The van der Waals surface area contributed by atoms with Crippen molar-refractivity contribution in [3.63, 3.8) is 0 Å². The summed E-state index contributed by atoms with van der Waals surface area (Å²) in [7, 11) is 3.83. The quantitative estimate of drug-likeness (QED) is 0.910. The number of carbonyl (C=O) groups is 1. The molecule has 0 bridgehead atoms. The molecule has 1 aromatic rings. The van der Waals surface area contributed by atoms with Gasteiger partial charge in [0.15, 0.2) is 0 Å². The lowest BCUT2D eigenvalue weighted by Gasteiger charge is -2.33. The van der Waals surface area contributed by atoms with E-state index in [-0.39, 0.29) is 6.09 Å². The maximum atomic E-state index is 12.1. The Balaban J connectivity index is 1.86. The zero-order chi connectivity index (χ0) is 13.7. The number of nitrogens with zero attached hydrogens (tertiary/aromatic N) is 1. The van der Waals surface area contributed by atoms with E-state index in [2.05, 4.69) is 5.32 Å². The molecule has 0 saturated heterocycles. The zero-order valence-corrected chi connectivity index (χ0v) is 11.6. The topological polar surface area (TPSA) is 41.6 Å². The first-order valence-electron chi connectivity index (χ1n) is 6.87. The van der Waals surface area contributed by atoms with Gasteiger partial charge in [0.2, 0.25) is 0 Å². The predicted molar refractivity (Wildman–Crippen MR) is 75.3 cm³/mol. The standard InChI is InChI=1S/C15H22N2O2/c1-16-12-8-10-13(11-9-12)17(2)15(18)19-14-6-4-3-5-7-14/h3-7,12-13,16H,8-11H2,1-2H3. The Hall–Kier alpha value is -1.55. The van der Waals surface area contributed by atoms with Crippen molar-refractivity contribution in [2.45, 2.75) is 37.8 Å². The Labute approximate surface area is 114 Å². The molecular weight excluding hydrogens is 240 g/mol. The van der Waals surface area contributed by atoms with Gasteiger partial charge in [-0.2, -0.15) is 0 Å². The second-order valence-corrected chi connectivity index (χ2v) is 5.09. The van der Waals surface area contributed by atoms with Gasteiger partial charge in [-0.05, 0) is 44.9 Å². The maximum absolute atomic E-state index is 12.1. The van der Waals surface area contributed by atoms with Crippen molar-refractivity contribution in [2.24, 2.45) is 0 Å². The summed E-state index contributed by atoms with van der Waals surface area (Å²) in [6.07, 6.45) is 4.03. The lowest BCUT2D eigenvalue weighted by atomic mass is 9.91. The normalized spacial score (nSPS) is 22.8. The van der Waals surface area contributed by atoms with Crippen LogP contribution in [0.25, 0.3) is 0 Å². The molecule has 1 aromatic carbocycles. The van der Waals surface area contributed by atoms with Crippen LogP contribution in [-0.4, -0.2) is 37.2 Å². The number of nitrogens with one attached hydrogen (secondary N) is 1. The fourth-order valence-corrected chi connectivity index (χ4v) is 2.56. The second kappa shape index (κ2) is 6.57. The summed E-state index contributed by atoms with van der Waals surface area (Å²) in [5.41, 5.74) is 0. The highest BCUT2D eigenvalue weighted by atomic mass is 16.6. The van der Waals surface area contributed by atoms with E-state index in [1.54, 1.807) is 17.0 Å². The van der Waals surface area contributed by atoms with Crippen molar-refractivity contribution in [3.05, 3.63) is 30.3 Å². The van der Waals surface area contributed by atoms with Crippen LogP contribution in [0.1, 0.15) is 25.7 Å². The van der Waals surface area contributed by atoms with Gasteiger partial charge in [-0.25, -0.2) is 4.79 Å². The molecule has 4 heteroatoms. The largest absolute Gasteiger partial charge is 0.415 e. The van der Waals surface area contributed by atoms with E-state index in [1.807, 2.05) is 32.3 Å². The smallest absolute Gasteiger partial charge is 0.410 e. The lowest BCUT2D eigenvalue weighted by molar-refractivity contribution is 0.129. The van der Waals surface area contributed by atoms with Crippen molar-refractivity contribution in [1.82, 2.24) is 10.2 Å². The number of benzene rings is 1. The molecule has 0 aliphatic heterocycles. The molecule has 104 valence electrons. The third-order valence-corrected chi connectivity index (χ3v) is 3.89. The molecule has 4 nitrogen and oxygen atoms in total. The molecule has 1 fully saturated rings. The number of hydrogen-bond acceptors (Lipinski definition) is 3. The van der Waals surface area contributed by atoms with Gasteiger partial charge in [-0.3, -0.25) is 0 Å². The highest BCUT2D eigenvalue weighted by molar-refractivity contribution is 5.70. The fraction of sp³-hybridized carbons (Fsp3) is 0.533. The number of rotatable bonds is 3. The molecule has 0 spiro atoms. The Morgan fingerprint density at radius 2 is 1.84 bits per heavy atom. The van der Waals surface area contributed by atoms with Gasteiger partial charge in [-0.15, -0.1) is 0 Å². The highest BCUT2D eigenvalue weighted by Crippen LogP contribution is 2.23. The fourth-order valence-electron chi connectivity index (χ4n) is 2.56. The van der Waals surface area contributed by atoms with Crippen LogP contribution in [0.5, 0.6) is 5.75 Å². The summed E-state index contributed by atoms with van der Waals surface area (Å²) in [6.45, 7) is 0. The summed E-state index contributed by atoms with van der Waals surface area (Å²) < 4.78 is 5.35. The lowest BCUT2D eigenvalue weighted by Crippen LogP contribution is -2.43. The molecule has 1 N–H and O–H groups in total. The Morgan fingerprint density at radius 3 is 2.42 bits per heavy atom. The third kappa shape index (κ3) is 3.70. The molecule has 19 heavy (non-hydrogen) atoms. The van der Waals surface area contributed by atoms with Crippen LogP contribution in [0.15, 0.2) is 30.3 Å². The number of hydrogen-bond donors (Lipinski definition) is 1. The minimum Gasteiger partial charge on any atom is -0.410 e. The molecule has 0 atom stereocenters. The first-order chi connectivity index (χ1) is 9.20.